The number of anilines is 1. The van der Waals surface area contributed by atoms with Gasteiger partial charge >= 0.3 is 0 Å². The van der Waals surface area contributed by atoms with Gasteiger partial charge in [0.2, 0.25) is 11.8 Å². The van der Waals surface area contributed by atoms with Crippen molar-refractivity contribution in [3.05, 3.63) is 93.5 Å². The average molecular weight is 563 g/mol. The number of nitrogens with zero attached hydrogens (tertiary/aromatic N) is 2. The quantitative estimate of drug-likeness (QED) is 0.399. The summed E-state index contributed by atoms with van der Waals surface area (Å²) in [7, 11) is -2.67. The summed E-state index contributed by atoms with van der Waals surface area (Å²) in [5.41, 5.74) is 2.49. The first-order chi connectivity index (χ1) is 17.4. The minimum atomic E-state index is -4.14. The largest absolute Gasteiger partial charge is 0.357 e. The van der Waals surface area contributed by atoms with Crippen LogP contribution in [0, 0.1) is 13.8 Å². The molecule has 0 saturated carbocycles. The van der Waals surface area contributed by atoms with Crippen LogP contribution in [0.15, 0.2) is 71.6 Å². The average Bonchev–Trinajstić information content (AvgIpc) is 2.85. The number of halogens is 2. The first-order valence-electron chi connectivity index (χ1n) is 11.5. The van der Waals surface area contributed by atoms with E-state index in [9.17, 15) is 18.0 Å². The van der Waals surface area contributed by atoms with Crippen molar-refractivity contribution in [1.82, 2.24) is 10.2 Å². The molecule has 0 aliphatic heterocycles. The smallest absolute Gasteiger partial charge is 0.264 e. The van der Waals surface area contributed by atoms with E-state index in [1.165, 1.54) is 24.1 Å². The summed E-state index contributed by atoms with van der Waals surface area (Å²) in [5, 5.41) is 3.48. The van der Waals surface area contributed by atoms with E-state index in [1.54, 1.807) is 68.4 Å². The van der Waals surface area contributed by atoms with Crippen LogP contribution in [0.4, 0.5) is 5.69 Å². The Hall–Kier alpha value is -3.07. The van der Waals surface area contributed by atoms with Crippen molar-refractivity contribution >= 4 is 50.7 Å². The van der Waals surface area contributed by atoms with E-state index < -0.39 is 28.5 Å². The highest BCUT2D eigenvalue weighted by atomic mass is 35.5. The van der Waals surface area contributed by atoms with Gasteiger partial charge in [0.05, 0.1) is 10.6 Å². The molecule has 0 spiro atoms. The molecule has 3 aromatic rings. The topological polar surface area (TPSA) is 86.8 Å². The second kappa shape index (κ2) is 12.0. The third kappa shape index (κ3) is 6.83. The zero-order valence-corrected chi connectivity index (χ0v) is 23.4. The maximum atomic E-state index is 13.8. The van der Waals surface area contributed by atoms with Gasteiger partial charge in [0.15, 0.2) is 0 Å². The van der Waals surface area contributed by atoms with E-state index in [0.717, 1.165) is 9.87 Å². The molecule has 0 heterocycles. The number of aryl methyl sites for hydroxylation is 2. The maximum absolute atomic E-state index is 13.8. The van der Waals surface area contributed by atoms with Gasteiger partial charge < -0.3 is 10.2 Å². The van der Waals surface area contributed by atoms with E-state index in [2.05, 4.69) is 5.32 Å². The van der Waals surface area contributed by atoms with Crippen LogP contribution >= 0.6 is 23.2 Å². The van der Waals surface area contributed by atoms with Crippen molar-refractivity contribution in [1.29, 1.82) is 0 Å². The molecule has 2 amide bonds. The van der Waals surface area contributed by atoms with Crippen molar-refractivity contribution in [3.8, 4) is 0 Å². The molecule has 1 N–H and O–H groups in total. The molecule has 3 aromatic carbocycles. The normalized spacial score (nSPS) is 12.1. The van der Waals surface area contributed by atoms with Crippen LogP contribution in [0.2, 0.25) is 10.0 Å². The first-order valence-corrected chi connectivity index (χ1v) is 13.7. The zero-order chi connectivity index (χ0) is 27.3. The van der Waals surface area contributed by atoms with E-state index in [0.29, 0.717) is 26.9 Å². The summed E-state index contributed by atoms with van der Waals surface area (Å²) in [6.07, 6.45) is 0. The molecular weight excluding hydrogens is 533 g/mol. The fraction of sp³-hybridized carbons (Fsp3) is 0.259. The molecule has 0 fully saturated rings. The Balaban J connectivity index is 2.07. The molecule has 0 bridgehead atoms. The van der Waals surface area contributed by atoms with Gasteiger partial charge in [0.25, 0.3) is 10.0 Å². The number of hydrogen-bond donors (Lipinski definition) is 1. The Labute approximate surface area is 228 Å². The van der Waals surface area contributed by atoms with Crippen molar-refractivity contribution in [2.24, 2.45) is 0 Å². The van der Waals surface area contributed by atoms with Crippen LogP contribution in [0.5, 0.6) is 0 Å². The molecule has 0 aromatic heterocycles. The summed E-state index contributed by atoms with van der Waals surface area (Å²) in [6, 6.07) is 17.2. The molecule has 7 nitrogen and oxygen atoms in total. The van der Waals surface area contributed by atoms with Crippen molar-refractivity contribution in [3.63, 3.8) is 0 Å². The summed E-state index contributed by atoms with van der Waals surface area (Å²) in [6.45, 7) is 4.70. The predicted molar refractivity (Wildman–Crippen MR) is 147 cm³/mol. The SMILES string of the molecule is CNC(=O)C(C)N(Cc1cccc(Cl)c1)C(=O)CN(c1ccc(Cl)cc1C)S(=O)(=O)c1ccc(C)cc1. The lowest BCUT2D eigenvalue weighted by Crippen LogP contribution is -2.50. The van der Waals surface area contributed by atoms with Crippen LogP contribution in [0.1, 0.15) is 23.6 Å². The minimum absolute atomic E-state index is 0.0426. The highest BCUT2D eigenvalue weighted by molar-refractivity contribution is 7.92. The summed E-state index contributed by atoms with van der Waals surface area (Å²) < 4.78 is 28.7. The second-order valence-corrected chi connectivity index (χ2v) is 11.4. The zero-order valence-electron chi connectivity index (χ0n) is 21.0. The number of carbonyl (C=O) groups excluding carboxylic acids is 2. The standard InChI is InChI=1S/C27H29Cl2N3O4S/c1-18-8-11-24(12-9-18)37(35,36)32(25-13-10-23(29)14-19(25)2)17-26(33)31(20(3)27(34)30-4)16-21-6-5-7-22(28)15-21/h5-15,20H,16-17H2,1-4H3,(H,30,34). The molecule has 1 unspecified atom stereocenters. The number of sulfonamides is 1. The Morgan fingerprint density at radius 2 is 1.59 bits per heavy atom. The van der Waals surface area contributed by atoms with E-state index in [-0.39, 0.29) is 17.3 Å². The van der Waals surface area contributed by atoms with Crippen LogP contribution in [0.3, 0.4) is 0 Å². The van der Waals surface area contributed by atoms with E-state index >= 15 is 0 Å². The van der Waals surface area contributed by atoms with Gasteiger partial charge in [-0.2, -0.15) is 0 Å². The van der Waals surface area contributed by atoms with Crippen molar-refractivity contribution < 1.29 is 18.0 Å². The van der Waals surface area contributed by atoms with Crippen molar-refractivity contribution in [2.75, 3.05) is 17.9 Å². The third-order valence-corrected chi connectivity index (χ3v) is 8.22. The Bertz CT molecular complexity index is 1400. The fourth-order valence-electron chi connectivity index (χ4n) is 3.87. The lowest BCUT2D eigenvalue weighted by molar-refractivity contribution is -0.139. The molecule has 3 rings (SSSR count). The summed E-state index contributed by atoms with van der Waals surface area (Å²) >= 11 is 12.3. The molecule has 0 aliphatic rings. The number of rotatable bonds is 9. The number of amides is 2. The first kappa shape index (κ1) is 28.5. The Kier molecular flexibility index (Phi) is 9.23. The van der Waals surface area contributed by atoms with E-state index in [4.69, 9.17) is 23.2 Å². The Morgan fingerprint density at radius 1 is 0.946 bits per heavy atom. The van der Waals surface area contributed by atoms with Gasteiger partial charge in [-0.1, -0.05) is 53.0 Å². The lowest BCUT2D eigenvalue weighted by Gasteiger charge is -2.32. The van der Waals surface area contributed by atoms with Gasteiger partial charge in [-0.3, -0.25) is 13.9 Å². The maximum Gasteiger partial charge on any atom is 0.264 e. The van der Waals surface area contributed by atoms with Crippen LogP contribution in [-0.4, -0.2) is 44.8 Å². The molecule has 196 valence electrons. The number of likely N-dealkylation sites (N-methyl/N-ethyl adjacent to an activating group) is 1. The summed E-state index contributed by atoms with van der Waals surface area (Å²) in [4.78, 5) is 27.7. The van der Waals surface area contributed by atoms with E-state index in [1.807, 2.05) is 6.92 Å². The number of carbonyl (C=O) groups is 2. The number of hydrogen-bond acceptors (Lipinski definition) is 4. The van der Waals surface area contributed by atoms with Gasteiger partial charge in [-0.25, -0.2) is 8.42 Å². The van der Waals surface area contributed by atoms with Crippen molar-refractivity contribution in [2.45, 2.75) is 38.3 Å². The number of nitrogens with one attached hydrogen (secondary N) is 1. The lowest BCUT2D eigenvalue weighted by atomic mass is 10.1. The molecule has 0 saturated heterocycles. The van der Waals surface area contributed by atoms with Crippen LogP contribution < -0.4 is 9.62 Å². The molecule has 37 heavy (non-hydrogen) atoms. The van der Waals surface area contributed by atoms with Gasteiger partial charge in [0.1, 0.15) is 12.6 Å². The predicted octanol–water partition coefficient (Wildman–Crippen LogP) is 4.97. The molecule has 1 atom stereocenters. The van der Waals surface area contributed by atoms with Crippen LogP contribution in [0.25, 0.3) is 0 Å². The number of benzene rings is 3. The van der Waals surface area contributed by atoms with Crippen LogP contribution in [-0.2, 0) is 26.2 Å². The molecular formula is C27H29Cl2N3O4S. The Morgan fingerprint density at radius 3 is 2.19 bits per heavy atom. The van der Waals surface area contributed by atoms with Gasteiger partial charge in [-0.15, -0.1) is 0 Å². The fourth-order valence-corrected chi connectivity index (χ4v) is 5.79. The summed E-state index contributed by atoms with van der Waals surface area (Å²) in [5.74, 6) is -0.938. The minimum Gasteiger partial charge on any atom is -0.357 e. The molecule has 10 heteroatoms. The van der Waals surface area contributed by atoms with Gasteiger partial charge in [0, 0.05) is 23.6 Å². The molecule has 0 radical (unpaired) electrons. The van der Waals surface area contributed by atoms with Gasteiger partial charge in [-0.05, 0) is 74.4 Å². The second-order valence-electron chi connectivity index (χ2n) is 8.70. The monoisotopic (exact) mass is 561 g/mol. The highest BCUT2D eigenvalue weighted by Gasteiger charge is 2.33. The molecule has 0 aliphatic carbocycles. The highest BCUT2D eigenvalue weighted by Crippen LogP contribution is 2.29. The third-order valence-electron chi connectivity index (χ3n) is 5.97.